The van der Waals surface area contributed by atoms with E-state index in [9.17, 15) is 9.59 Å². The molecule has 2 aliphatic heterocycles. The number of amides is 1. The topological polar surface area (TPSA) is 67.3 Å². The number of piperidine rings is 1. The smallest absolute Gasteiger partial charge is 0.270 e. The summed E-state index contributed by atoms with van der Waals surface area (Å²) in [5.41, 5.74) is 3.66. The minimum Gasteiger partial charge on any atom is -0.497 e. The summed E-state index contributed by atoms with van der Waals surface area (Å²) in [5, 5.41) is 1.01. The molecule has 0 saturated carbocycles. The number of aromatic amines is 1. The van der Waals surface area contributed by atoms with Gasteiger partial charge in [-0.05, 0) is 49.1 Å². The van der Waals surface area contributed by atoms with Crippen LogP contribution in [0.2, 0.25) is 0 Å². The van der Waals surface area contributed by atoms with E-state index in [0.717, 1.165) is 34.3 Å². The Hall–Kier alpha value is -3.02. The van der Waals surface area contributed by atoms with Crippen LogP contribution in [-0.4, -0.2) is 40.6 Å². The number of nitrogens with one attached hydrogen (secondary N) is 1. The minimum atomic E-state index is 0.0362. The van der Waals surface area contributed by atoms with Crippen LogP contribution in [0.4, 0.5) is 0 Å². The lowest BCUT2D eigenvalue weighted by atomic mass is 9.83. The fraction of sp³-hybridized carbons (Fsp3) is 0.364. The van der Waals surface area contributed by atoms with E-state index in [1.54, 1.807) is 13.2 Å². The van der Waals surface area contributed by atoms with Gasteiger partial charge in [-0.2, -0.15) is 0 Å². The molecule has 6 heteroatoms. The van der Waals surface area contributed by atoms with Crippen LogP contribution in [0.3, 0.4) is 0 Å². The molecule has 2 bridgehead atoms. The van der Waals surface area contributed by atoms with Gasteiger partial charge in [-0.3, -0.25) is 9.59 Å². The van der Waals surface area contributed by atoms with E-state index in [-0.39, 0.29) is 17.4 Å². The number of methoxy groups -OCH3 is 1. The molecule has 1 amide bonds. The highest BCUT2D eigenvalue weighted by Crippen LogP contribution is 2.36. The third-order valence-electron chi connectivity index (χ3n) is 6.25. The molecule has 4 heterocycles. The van der Waals surface area contributed by atoms with E-state index in [4.69, 9.17) is 4.74 Å². The van der Waals surface area contributed by atoms with Gasteiger partial charge in [0.1, 0.15) is 11.4 Å². The lowest BCUT2D eigenvalue weighted by Crippen LogP contribution is -2.49. The van der Waals surface area contributed by atoms with Crippen LogP contribution in [-0.2, 0) is 6.54 Å². The summed E-state index contributed by atoms with van der Waals surface area (Å²) in [6.45, 7) is 4.01. The molecule has 1 fully saturated rings. The Morgan fingerprint density at radius 1 is 1.18 bits per heavy atom. The van der Waals surface area contributed by atoms with Crippen LogP contribution in [0.15, 0.2) is 41.2 Å². The lowest BCUT2D eigenvalue weighted by molar-refractivity contribution is 0.0589. The Kier molecular flexibility index (Phi) is 3.82. The van der Waals surface area contributed by atoms with Crippen molar-refractivity contribution in [3.63, 3.8) is 0 Å². The Balaban J connectivity index is 1.48. The van der Waals surface area contributed by atoms with Crippen molar-refractivity contribution < 1.29 is 9.53 Å². The van der Waals surface area contributed by atoms with Crippen molar-refractivity contribution in [1.29, 1.82) is 0 Å². The fourth-order valence-electron chi connectivity index (χ4n) is 4.87. The number of pyridine rings is 1. The minimum absolute atomic E-state index is 0.0362. The molecule has 1 aromatic carbocycles. The van der Waals surface area contributed by atoms with Gasteiger partial charge in [-0.25, -0.2) is 0 Å². The maximum absolute atomic E-state index is 13.3. The summed E-state index contributed by atoms with van der Waals surface area (Å²) in [6, 6.07) is 11.3. The van der Waals surface area contributed by atoms with Gasteiger partial charge in [-0.15, -0.1) is 0 Å². The molecule has 6 nitrogen and oxygen atoms in total. The Morgan fingerprint density at radius 3 is 2.86 bits per heavy atom. The zero-order valence-electron chi connectivity index (χ0n) is 16.1. The van der Waals surface area contributed by atoms with E-state index in [1.165, 1.54) is 0 Å². The lowest BCUT2D eigenvalue weighted by Gasteiger charge is -2.42. The number of hydrogen-bond donors (Lipinski definition) is 1. The van der Waals surface area contributed by atoms with Gasteiger partial charge in [0.25, 0.3) is 11.5 Å². The Labute approximate surface area is 162 Å². The van der Waals surface area contributed by atoms with Gasteiger partial charge in [-0.1, -0.05) is 6.07 Å². The van der Waals surface area contributed by atoms with Crippen LogP contribution in [0.25, 0.3) is 10.9 Å². The highest BCUT2D eigenvalue weighted by atomic mass is 16.5. The van der Waals surface area contributed by atoms with Gasteiger partial charge in [0.2, 0.25) is 0 Å². The average molecular weight is 377 g/mol. The van der Waals surface area contributed by atoms with Crippen molar-refractivity contribution in [1.82, 2.24) is 14.5 Å². The van der Waals surface area contributed by atoms with Gasteiger partial charge in [0, 0.05) is 48.2 Å². The summed E-state index contributed by atoms with van der Waals surface area (Å²) in [6.07, 6.45) is 1.04. The molecule has 0 aliphatic carbocycles. The molecule has 28 heavy (non-hydrogen) atoms. The summed E-state index contributed by atoms with van der Waals surface area (Å²) in [7, 11) is 1.64. The number of rotatable bonds is 2. The van der Waals surface area contributed by atoms with Crippen LogP contribution < -0.4 is 10.3 Å². The van der Waals surface area contributed by atoms with E-state index in [0.29, 0.717) is 31.2 Å². The highest BCUT2D eigenvalue weighted by molar-refractivity contribution is 6.01. The monoisotopic (exact) mass is 377 g/mol. The standard InChI is InChI=1S/C22H23N3O3/c1-13-17-9-16(28-2)6-7-18(17)23-21(13)22(27)24-10-14-8-15(12-24)19-4-3-5-20(26)25(19)11-14/h3-7,9,14-15,23H,8,10-12H2,1-2H3/t14-,15+/m1/s1. The molecule has 3 aromatic rings. The molecule has 5 rings (SSSR count). The van der Waals surface area contributed by atoms with Crippen LogP contribution in [0.5, 0.6) is 5.75 Å². The average Bonchev–Trinajstić information content (AvgIpc) is 3.04. The summed E-state index contributed by atoms with van der Waals surface area (Å²) < 4.78 is 7.21. The van der Waals surface area contributed by atoms with Crippen LogP contribution >= 0.6 is 0 Å². The quantitative estimate of drug-likeness (QED) is 0.747. The number of carbonyl (C=O) groups is 1. The largest absolute Gasteiger partial charge is 0.497 e. The summed E-state index contributed by atoms with van der Waals surface area (Å²) in [4.78, 5) is 30.8. The number of aryl methyl sites for hydroxylation is 1. The first kappa shape index (κ1) is 17.1. The number of benzene rings is 1. The molecule has 0 spiro atoms. The van der Waals surface area contributed by atoms with Crippen LogP contribution in [0.1, 0.15) is 34.1 Å². The number of likely N-dealkylation sites (tertiary alicyclic amines) is 1. The number of nitrogens with zero attached hydrogens (tertiary/aromatic N) is 2. The molecule has 2 aromatic heterocycles. The predicted molar refractivity (Wildman–Crippen MR) is 107 cm³/mol. The molecule has 2 aliphatic rings. The first-order valence-electron chi connectivity index (χ1n) is 9.70. The second-order valence-electron chi connectivity index (χ2n) is 7.94. The highest BCUT2D eigenvalue weighted by Gasteiger charge is 2.37. The van der Waals surface area contributed by atoms with E-state index < -0.39 is 0 Å². The van der Waals surface area contributed by atoms with Crippen molar-refractivity contribution in [2.75, 3.05) is 20.2 Å². The SMILES string of the molecule is COc1ccc2[nH]c(C(=O)N3C[C@H]4C[C@@H](C3)c3cccc(=O)n3C4)c(C)c2c1. The third kappa shape index (κ3) is 2.55. The third-order valence-corrected chi connectivity index (χ3v) is 6.25. The normalized spacial score (nSPS) is 20.9. The van der Waals surface area contributed by atoms with Gasteiger partial charge in [0.05, 0.1) is 7.11 Å². The first-order valence-corrected chi connectivity index (χ1v) is 9.70. The van der Waals surface area contributed by atoms with Crippen LogP contribution in [0, 0.1) is 12.8 Å². The number of fused-ring (bicyclic) bond motifs is 5. The number of carbonyl (C=O) groups excluding carboxylic acids is 1. The maximum atomic E-state index is 13.3. The van der Waals surface area contributed by atoms with E-state index >= 15 is 0 Å². The molecule has 0 radical (unpaired) electrons. The second kappa shape index (κ2) is 6.26. The summed E-state index contributed by atoms with van der Waals surface area (Å²) in [5.74, 6) is 1.35. The summed E-state index contributed by atoms with van der Waals surface area (Å²) >= 11 is 0. The molecule has 2 atom stereocenters. The van der Waals surface area contributed by atoms with E-state index in [1.807, 2.05) is 46.7 Å². The van der Waals surface area contributed by atoms with Gasteiger partial charge in [0.15, 0.2) is 0 Å². The van der Waals surface area contributed by atoms with Crippen molar-refractivity contribution in [3.8, 4) is 5.75 Å². The number of H-pyrrole nitrogens is 1. The molecule has 144 valence electrons. The number of aromatic nitrogens is 2. The van der Waals surface area contributed by atoms with Crippen molar-refractivity contribution in [3.05, 3.63) is 63.7 Å². The maximum Gasteiger partial charge on any atom is 0.270 e. The first-order chi connectivity index (χ1) is 13.5. The Morgan fingerprint density at radius 2 is 2.04 bits per heavy atom. The number of ether oxygens (including phenoxy) is 1. The van der Waals surface area contributed by atoms with E-state index in [2.05, 4.69) is 4.98 Å². The van der Waals surface area contributed by atoms with Gasteiger partial charge < -0.3 is 19.2 Å². The zero-order valence-corrected chi connectivity index (χ0v) is 16.1. The fourth-order valence-corrected chi connectivity index (χ4v) is 4.87. The molecule has 1 N–H and O–H groups in total. The van der Waals surface area contributed by atoms with Crippen molar-refractivity contribution in [2.45, 2.75) is 25.8 Å². The zero-order chi connectivity index (χ0) is 19.4. The Bertz CT molecular complexity index is 1140. The molecule has 1 saturated heterocycles. The number of hydrogen-bond acceptors (Lipinski definition) is 3. The van der Waals surface area contributed by atoms with Crippen molar-refractivity contribution >= 4 is 16.8 Å². The predicted octanol–water partition coefficient (Wildman–Crippen LogP) is 2.91. The second-order valence-corrected chi connectivity index (χ2v) is 7.94. The van der Waals surface area contributed by atoms with Gasteiger partial charge >= 0.3 is 0 Å². The van der Waals surface area contributed by atoms with Crippen molar-refractivity contribution in [2.24, 2.45) is 5.92 Å². The molecular weight excluding hydrogens is 354 g/mol. The molecular formula is C22H23N3O3. The molecule has 0 unspecified atom stereocenters.